The Bertz CT molecular complexity index is 1210. The van der Waals surface area contributed by atoms with Crippen LogP contribution in [0.25, 0.3) is 5.57 Å². The molecule has 0 bridgehead atoms. The largest absolute Gasteiger partial charge is 0.350 e. The van der Waals surface area contributed by atoms with Crippen molar-refractivity contribution in [3.8, 4) is 0 Å². The van der Waals surface area contributed by atoms with E-state index in [1.165, 1.54) is 4.90 Å². The summed E-state index contributed by atoms with van der Waals surface area (Å²) in [4.78, 5) is 32.3. The molecule has 0 saturated heterocycles. The minimum Gasteiger partial charge on any atom is -0.350 e. The van der Waals surface area contributed by atoms with Gasteiger partial charge >= 0.3 is 0 Å². The zero-order valence-corrected chi connectivity index (χ0v) is 18.2. The van der Waals surface area contributed by atoms with Gasteiger partial charge in [-0.2, -0.15) is 0 Å². The van der Waals surface area contributed by atoms with E-state index in [0.29, 0.717) is 11.3 Å². The molecule has 4 rings (SSSR count). The molecule has 2 aromatic carbocycles. The minimum absolute atomic E-state index is 0.178. The third-order valence-electron chi connectivity index (χ3n) is 5.75. The van der Waals surface area contributed by atoms with Crippen molar-refractivity contribution >= 4 is 23.1 Å². The monoisotopic (exact) mass is 411 g/mol. The maximum absolute atomic E-state index is 13.5. The number of aromatic nitrogens is 1. The van der Waals surface area contributed by atoms with Crippen molar-refractivity contribution < 1.29 is 9.59 Å². The molecule has 3 aromatic rings. The van der Waals surface area contributed by atoms with Gasteiger partial charge in [-0.3, -0.25) is 19.5 Å². The highest BCUT2D eigenvalue weighted by Gasteiger charge is 2.39. The summed E-state index contributed by atoms with van der Waals surface area (Å²) in [6.07, 6.45) is 3.34. The lowest BCUT2D eigenvalue weighted by molar-refractivity contribution is -0.137. The Morgan fingerprint density at radius 3 is 2.42 bits per heavy atom. The summed E-state index contributed by atoms with van der Waals surface area (Å²) in [6, 6.07) is 15.5. The summed E-state index contributed by atoms with van der Waals surface area (Å²) in [5, 5.41) is 3.29. The van der Waals surface area contributed by atoms with Gasteiger partial charge in [0.25, 0.3) is 11.8 Å². The number of rotatable bonds is 5. The third-order valence-corrected chi connectivity index (χ3v) is 5.75. The fraction of sp³-hybridized carbons (Fsp3) is 0.192. The Hall–Kier alpha value is -3.73. The topological polar surface area (TPSA) is 62.3 Å². The number of anilines is 1. The van der Waals surface area contributed by atoms with Crippen molar-refractivity contribution in [2.45, 2.75) is 34.2 Å². The molecule has 0 fully saturated rings. The maximum Gasteiger partial charge on any atom is 0.278 e. The zero-order valence-electron chi connectivity index (χ0n) is 18.2. The third kappa shape index (κ3) is 3.87. The molecular weight excluding hydrogens is 386 g/mol. The first-order valence-electron chi connectivity index (χ1n) is 10.3. The number of carbonyl (C=O) groups excluding carboxylic acids is 2. The number of aryl methyl sites for hydroxylation is 3. The molecule has 1 aliphatic heterocycles. The quantitative estimate of drug-likeness (QED) is 0.618. The van der Waals surface area contributed by atoms with E-state index >= 15 is 0 Å². The van der Waals surface area contributed by atoms with Crippen LogP contribution in [-0.2, 0) is 16.1 Å². The van der Waals surface area contributed by atoms with Gasteiger partial charge in [-0.25, -0.2) is 0 Å². The summed E-state index contributed by atoms with van der Waals surface area (Å²) < 4.78 is 0. The summed E-state index contributed by atoms with van der Waals surface area (Å²) in [6.45, 7) is 8.18. The smallest absolute Gasteiger partial charge is 0.278 e. The van der Waals surface area contributed by atoms with E-state index in [-0.39, 0.29) is 18.4 Å². The first kappa shape index (κ1) is 20.5. The molecule has 1 aliphatic rings. The molecule has 2 amide bonds. The zero-order chi connectivity index (χ0) is 22.1. The second-order valence-corrected chi connectivity index (χ2v) is 8.00. The van der Waals surface area contributed by atoms with Crippen LogP contribution in [0.4, 0.5) is 5.69 Å². The molecule has 5 nitrogen and oxygen atoms in total. The average molecular weight is 412 g/mol. The molecule has 0 saturated carbocycles. The van der Waals surface area contributed by atoms with Crippen LogP contribution in [0.5, 0.6) is 0 Å². The lowest BCUT2D eigenvalue weighted by atomic mass is 9.97. The number of nitrogens with zero attached hydrogens (tertiary/aromatic N) is 2. The van der Waals surface area contributed by atoms with E-state index in [1.807, 2.05) is 70.2 Å². The van der Waals surface area contributed by atoms with Gasteiger partial charge < -0.3 is 5.32 Å². The average Bonchev–Trinajstić information content (AvgIpc) is 2.97. The lowest BCUT2D eigenvalue weighted by Crippen LogP contribution is -2.32. The van der Waals surface area contributed by atoms with E-state index in [0.717, 1.165) is 39.1 Å². The molecule has 5 heteroatoms. The standard InChI is InChI=1S/C26H25N3O2/c1-16-10-11-21(18(3)13-16)23-24(28-22-9-5-7-17(2)19(22)4)26(31)29(25(23)30)15-20-8-6-12-27-14-20/h5-14,28H,15H2,1-4H3. The van der Waals surface area contributed by atoms with Crippen LogP contribution in [0.15, 0.2) is 66.6 Å². The second kappa shape index (κ2) is 8.19. The molecule has 156 valence electrons. The molecule has 0 atom stereocenters. The number of nitrogens with one attached hydrogen (secondary N) is 1. The molecule has 0 spiro atoms. The number of hydrogen-bond donors (Lipinski definition) is 1. The van der Waals surface area contributed by atoms with E-state index in [2.05, 4.69) is 10.3 Å². The van der Waals surface area contributed by atoms with Crippen molar-refractivity contribution in [2.24, 2.45) is 0 Å². The Labute approximate surface area is 182 Å². The van der Waals surface area contributed by atoms with Gasteiger partial charge in [-0.1, -0.05) is 42.0 Å². The summed E-state index contributed by atoms with van der Waals surface area (Å²) >= 11 is 0. The van der Waals surface area contributed by atoms with Gasteiger partial charge in [-0.15, -0.1) is 0 Å². The Kier molecular flexibility index (Phi) is 5.42. The fourth-order valence-electron chi connectivity index (χ4n) is 3.87. The highest BCUT2D eigenvalue weighted by molar-refractivity contribution is 6.36. The van der Waals surface area contributed by atoms with Gasteiger partial charge in [0.2, 0.25) is 0 Å². The number of hydrogen-bond acceptors (Lipinski definition) is 4. The van der Waals surface area contributed by atoms with Crippen molar-refractivity contribution in [1.29, 1.82) is 0 Å². The van der Waals surface area contributed by atoms with Crippen LogP contribution in [-0.4, -0.2) is 21.7 Å². The van der Waals surface area contributed by atoms with E-state index in [1.54, 1.807) is 18.5 Å². The van der Waals surface area contributed by atoms with Crippen molar-refractivity contribution in [3.63, 3.8) is 0 Å². The summed E-state index contributed by atoms with van der Waals surface area (Å²) in [5.41, 5.74) is 7.34. The molecule has 31 heavy (non-hydrogen) atoms. The molecule has 1 aromatic heterocycles. The maximum atomic E-state index is 13.5. The van der Waals surface area contributed by atoms with E-state index in [9.17, 15) is 9.59 Å². The predicted octanol–water partition coefficient (Wildman–Crippen LogP) is 4.71. The molecular formula is C26H25N3O2. The van der Waals surface area contributed by atoms with Crippen molar-refractivity contribution in [3.05, 3.63) is 100 Å². The SMILES string of the molecule is Cc1ccc(C2=C(Nc3cccc(C)c3C)C(=O)N(Cc3cccnc3)C2=O)c(C)c1. The van der Waals surface area contributed by atoms with Gasteiger partial charge in [-0.05, 0) is 67.6 Å². The van der Waals surface area contributed by atoms with Gasteiger partial charge in [0.15, 0.2) is 0 Å². The number of benzene rings is 2. The Morgan fingerprint density at radius 2 is 1.71 bits per heavy atom. The predicted molar refractivity (Wildman–Crippen MR) is 122 cm³/mol. The van der Waals surface area contributed by atoms with Crippen LogP contribution in [0.3, 0.4) is 0 Å². The highest BCUT2D eigenvalue weighted by atomic mass is 16.2. The lowest BCUT2D eigenvalue weighted by Gasteiger charge is -2.16. The van der Waals surface area contributed by atoms with Crippen molar-refractivity contribution in [2.75, 3.05) is 5.32 Å². The van der Waals surface area contributed by atoms with Crippen LogP contribution in [0.1, 0.15) is 33.4 Å². The van der Waals surface area contributed by atoms with Gasteiger partial charge in [0.05, 0.1) is 12.1 Å². The number of imide groups is 1. The fourth-order valence-corrected chi connectivity index (χ4v) is 3.87. The van der Waals surface area contributed by atoms with Crippen LogP contribution >= 0.6 is 0 Å². The Morgan fingerprint density at radius 1 is 0.903 bits per heavy atom. The van der Waals surface area contributed by atoms with E-state index < -0.39 is 0 Å². The van der Waals surface area contributed by atoms with Crippen molar-refractivity contribution in [1.82, 2.24) is 9.88 Å². The number of amides is 2. The molecule has 0 unspecified atom stereocenters. The minimum atomic E-state index is -0.329. The number of carbonyl (C=O) groups is 2. The second-order valence-electron chi connectivity index (χ2n) is 8.00. The molecule has 2 heterocycles. The first-order chi connectivity index (χ1) is 14.9. The molecule has 0 radical (unpaired) electrons. The first-order valence-corrected chi connectivity index (χ1v) is 10.3. The van der Waals surface area contributed by atoms with Gasteiger partial charge in [0.1, 0.15) is 5.70 Å². The summed E-state index contributed by atoms with van der Waals surface area (Å²) in [5.74, 6) is -0.627. The van der Waals surface area contributed by atoms with Crippen LogP contribution in [0.2, 0.25) is 0 Å². The van der Waals surface area contributed by atoms with Crippen LogP contribution in [0, 0.1) is 27.7 Å². The highest BCUT2D eigenvalue weighted by Crippen LogP contribution is 2.34. The Balaban J connectivity index is 1.81. The molecule has 0 aliphatic carbocycles. The van der Waals surface area contributed by atoms with E-state index in [4.69, 9.17) is 0 Å². The van der Waals surface area contributed by atoms with Crippen LogP contribution < -0.4 is 5.32 Å². The molecule has 1 N–H and O–H groups in total. The normalized spacial score (nSPS) is 13.9. The van der Waals surface area contributed by atoms with Gasteiger partial charge in [0, 0.05) is 18.1 Å². The summed E-state index contributed by atoms with van der Waals surface area (Å²) in [7, 11) is 0. The number of pyridine rings is 1.